The van der Waals surface area contributed by atoms with Gasteiger partial charge in [0.25, 0.3) is 5.56 Å². The van der Waals surface area contributed by atoms with Crippen molar-refractivity contribution in [1.29, 1.82) is 0 Å². The number of para-hydroxylation sites is 2. The van der Waals surface area contributed by atoms with Gasteiger partial charge < -0.3 is 13.7 Å². The summed E-state index contributed by atoms with van der Waals surface area (Å²) in [7, 11) is 0. The topological polar surface area (TPSA) is 74.5 Å². The number of ether oxygens (including phenoxy) is 1. The van der Waals surface area contributed by atoms with E-state index in [1.807, 2.05) is 117 Å². The lowest BCUT2D eigenvalue weighted by Crippen LogP contribution is -2.20. The minimum atomic E-state index is -0.275. The fourth-order valence-electron chi connectivity index (χ4n) is 5.39. The number of rotatable bonds is 7. The van der Waals surface area contributed by atoms with Crippen LogP contribution in [0.15, 0.2) is 124 Å². The molecule has 0 bridgehead atoms. The number of furan rings is 1. The van der Waals surface area contributed by atoms with E-state index in [9.17, 15) is 4.79 Å². The molecule has 216 valence electrons. The molecule has 0 unspecified atom stereocenters. The van der Waals surface area contributed by atoms with Crippen LogP contribution in [0.3, 0.4) is 0 Å². The number of halogens is 1. The van der Waals surface area contributed by atoms with Crippen molar-refractivity contribution >= 4 is 39.7 Å². The van der Waals surface area contributed by atoms with Crippen LogP contribution in [0.5, 0.6) is 5.75 Å². The number of fused-ring (bicyclic) bond motifs is 2. The van der Waals surface area contributed by atoms with Crippen molar-refractivity contribution in [1.82, 2.24) is 14.2 Å². The maximum absolute atomic E-state index is 13.7. The van der Waals surface area contributed by atoms with Gasteiger partial charge in [-0.05, 0) is 74.5 Å². The second-order valence-electron chi connectivity index (χ2n) is 10.5. The first-order valence-electron chi connectivity index (χ1n) is 14.2. The van der Waals surface area contributed by atoms with Crippen molar-refractivity contribution < 1.29 is 9.15 Å². The molecule has 7 aromatic rings. The first-order chi connectivity index (χ1) is 21.5. The molecule has 0 spiro atoms. The molecule has 7 rings (SSSR count). The van der Waals surface area contributed by atoms with Crippen LogP contribution in [0.4, 0.5) is 0 Å². The third kappa shape index (κ3) is 5.08. The summed E-state index contributed by atoms with van der Waals surface area (Å²) in [5, 5.41) is 6.75. The average Bonchev–Trinajstić information content (AvgIpc) is 3.60. The van der Waals surface area contributed by atoms with E-state index >= 15 is 0 Å². The molecule has 0 N–H and O–H groups in total. The second-order valence-corrected chi connectivity index (χ2v) is 10.9. The van der Waals surface area contributed by atoms with E-state index in [1.54, 1.807) is 12.3 Å². The minimum Gasteiger partial charge on any atom is -0.489 e. The van der Waals surface area contributed by atoms with Crippen LogP contribution in [-0.4, -0.2) is 20.4 Å². The molecule has 8 heteroatoms. The van der Waals surface area contributed by atoms with E-state index in [0.717, 1.165) is 39.3 Å². The minimum absolute atomic E-state index is 0.275. The first-order valence-corrected chi connectivity index (χ1v) is 14.5. The predicted octanol–water partition coefficient (Wildman–Crippen LogP) is 8.33. The number of hydrogen-bond acceptors (Lipinski definition) is 5. The summed E-state index contributed by atoms with van der Waals surface area (Å²) in [5.41, 5.74) is 5.81. The average molecular weight is 599 g/mol. The summed E-state index contributed by atoms with van der Waals surface area (Å²) < 4.78 is 15.5. The number of nitrogens with zero attached hydrogens (tertiary/aromatic N) is 4. The molecule has 0 aliphatic heterocycles. The zero-order valence-corrected chi connectivity index (χ0v) is 24.8. The molecule has 7 nitrogen and oxygen atoms in total. The second kappa shape index (κ2) is 11.4. The monoisotopic (exact) mass is 598 g/mol. The van der Waals surface area contributed by atoms with Gasteiger partial charge in [-0.1, -0.05) is 60.1 Å². The Kier molecular flexibility index (Phi) is 7.08. The van der Waals surface area contributed by atoms with Crippen molar-refractivity contribution in [2.45, 2.75) is 20.5 Å². The van der Waals surface area contributed by atoms with Crippen LogP contribution in [0.1, 0.15) is 22.5 Å². The molecule has 0 amide bonds. The van der Waals surface area contributed by atoms with Crippen LogP contribution in [-0.2, 0) is 6.61 Å². The zero-order valence-electron chi connectivity index (χ0n) is 24.1. The third-order valence-corrected chi connectivity index (χ3v) is 8.00. The summed E-state index contributed by atoms with van der Waals surface area (Å²) in [6.45, 7) is 4.45. The normalized spacial score (nSPS) is 11.6. The quantitative estimate of drug-likeness (QED) is 0.173. The molecule has 0 atom stereocenters. The lowest BCUT2D eigenvalue weighted by atomic mass is 10.2. The molecule has 0 aliphatic rings. The summed E-state index contributed by atoms with van der Waals surface area (Å²) in [4.78, 5) is 18.5. The van der Waals surface area contributed by atoms with Crippen LogP contribution in [0.25, 0.3) is 39.1 Å². The van der Waals surface area contributed by atoms with Crippen LogP contribution < -0.4 is 10.3 Å². The summed E-state index contributed by atoms with van der Waals surface area (Å²) in [6, 6.07) is 34.4. The molecule has 3 heterocycles. The largest absolute Gasteiger partial charge is 0.489 e. The molecule has 0 saturated heterocycles. The Bertz CT molecular complexity index is 2210. The highest BCUT2D eigenvalue weighted by Gasteiger charge is 2.17. The SMILES string of the molecule is Cc1cc(C=Nn2c(-c3cc4ccccc4o3)nc3ccccc3c2=O)c(C)n1-c1ccc(OCc2ccccc2Cl)cc1. The van der Waals surface area contributed by atoms with Gasteiger partial charge in [-0.15, -0.1) is 0 Å². The Morgan fingerprint density at radius 1 is 0.909 bits per heavy atom. The van der Waals surface area contributed by atoms with Crippen molar-refractivity contribution in [3.8, 4) is 23.0 Å². The van der Waals surface area contributed by atoms with Gasteiger partial charge in [-0.25, -0.2) is 4.98 Å². The van der Waals surface area contributed by atoms with E-state index in [1.165, 1.54) is 4.68 Å². The summed E-state index contributed by atoms with van der Waals surface area (Å²) in [6.07, 6.45) is 1.70. The lowest BCUT2D eigenvalue weighted by Gasteiger charge is -2.12. The molecule has 0 saturated carbocycles. The number of benzene rings is 4. The fourth-order valence-corrected chi connectivity index (χ4v) is 5.58. The Morgan fingerprint density at radius 2 is 1.66 bits per heavy atom. The predicted molar refractivity (Wildman–Crippen MR) is 175 cm³/mol. The Balaban J connectivity index is 1.22. The van der Waals surface area contributed by atoms with E-state index in [0.29, 0.717) is 39.7 Å². The third-order valence-electron chi connectivity index (χ3n) is 7.63. The standard InChI is InChI=1S/C36H27ClN4O3/c1-23-19-27(24(2)40(23)28-15-17-29(18-16-28)43-22-26-10-3-6-12-31(26)37)21-38-41-35(34-20-25-9-4-8-14-33(25)44-34)39-32-13-7-5-11-30(32)36(41)42/h3-21H,22H2,1-2H3. The van der Waals surface area contributed by atoms with Gasteiger partial charge >= 0.3 is 0 Å². The van der Waals surface area contributed by atoms with Gasteiger partial charge in [0.05, 0.1) is 17.1 Å². The molecule has 44 heavy (non-hydrogen) atoms. The molecular weight excluding hydrogens is 572 g/mol. The van der Waals surface area contributed by atoms with Gasteiger partial charge in [0, 0.05) is 38.6 Å². The van der Waals surface area contributed by atoms with E-state index < -0.39 is 0 Å². The van der Waals surface area contributed by atoms with Crippen molar-refractivity contribution in [3.05, 3.63) is 147 Å². The number of aromatic nitrogens is 3. The van der Waals surface area contributed by atoms with Gasteiger partial charge in [0.15, 0.2) is 5.76 Å². The van der Waals surface area contributed by atoms with Gasteiger partial charge in [0.2, 0.25) is 5.82 Å². The van der Waals surface area contributed by atoms with Gasteiger partial charge in [-0.3, -0.25) is 4.79 Å². The summed E-state index contributed by atoms with van der Waals surface area (Å²) in [5.74, 6) is 1.55. The lowest BCUT2D eigenvalue weighted by molar-refractivity contribution is 0.306. The highest BCUT2D eigenvalue weighted by molar-refractivity contribution is 6.31. The summed E-state index contributed by atoms with van der Waals surface area (Å²) >= 11 is 6.27. The van der Waals surface area contributed by atoms with Gasteiger partial charge in [-0.2, -0.15) is 9.78 Å². The maximum Gasteiger partial charge on any atom is 0.282 e. The Labute approximate surface area is 258 Å². The van der Waals surface area contributed by atoms with Crippen molar-refractivity contribution in [2.75, 3.05) is 0 Å². The molecule has 4 aromatic carbocycles. The van der Waals surface area contributed by atoms with Crippen molar-refractivity contribution in [2.24, 2.45) is 5.10 Å². The van der Waals surface area contributed by atoms with E-state index in [-0.39, 0.29) is 5.56 Å². The Hall–Kier alpha value is -5.40. The smallest absolute Gasteiger partial charge is 0.282 e. The van der Waals surface area contributed by atoms with Crippen LogP contribution in [0.2, 0.25) is 5.02 Å². The molecule has 0 fully saturated rings. The molecule has 0 radical (unpaired) electrons. The highest BCUT2D eigenvalue weighted by atomic mass is 35.5. The van der Waals surface area contributed by atoms with E-state index in [2.05, 4.69) is 9.67 Å². The molecular formula is C36H27ClN4O3. The van der Waals surface area contributed by atoms with E-state index in [4.69, 9.17) is 25.7 Å². The zero-order chi connectivity index (χ0) is 30.2. The molecule has 0 aliphatic carbocycles. The fraction of sp³-hybridized carbons (Fsp3) is 0.0833. The Morgan fingerprint density at radius 3 is 2.48 bits per heavy atom. The molecule has 3 aromatic heterocycles. The van der Waals surface area contributed by atoms with Crippen molar-refractivity contribution in [3.63, 3.8) is 0 Å². The number of aryl methyl sites for hydroxylation is 1. The van der Waals surface area contributed by atoms with Crippen LogP contribution in [0, 0.1) is 13.8 Å². The first kappa shape index (κ1) is 27.4. The number of hydrogen-bond donors (Lipinski definition) is 0. The maximum atomic E-state index is 13.7. The van der Waals surface area contributed by atoms with Gasteiger partial charge in [0.1, 0.15) is 17.9 Å². The van der Waals surface area contributed by atoms with Crippen LogP contribution >= 0.6 is 11.6 Å². The highest BCUT2D eigenvalue weighted by Crippen LogP contribution is 2.28.